The van der Waals surface area contributed by atoms with Gasteiger partial charge in [-0.1, -0.05) is 0 Å². The summed E-state index contributed by atoms with van der Waals surface area (Å²) in [6, 6.07) is 2.14. The van der Waals surface area contributed by atoms with Crippen molar-refractivity contribution in [1.29, 1.82) is 0 Å². The minimum absolute atomic E-state index is 0.116. The smallest absolute Gasteiger partial charge is 0.244 e. The third-order valence-corrected chi connectivity index (χ3v) is 3.99. The molecule has 2 heterocycles. The van der Waals surface area contributed by atoms with Gasteiger partial charge in [-0.05, 0) is 46.5 Å². The number of nitrogens with one attached hydrogen (secondary N) is 2. The zero-order chi connectivity index (χ0) is 16.4. The molecule has 1 saturated carbocycles. The molecule has 2 aromatic heterocycles. The third kappa shape index (κ3) is 3.43. The zero-order valence-corrected chi connectivity index (χ0v) is 14.2. The average molecular weight is 314 g/mol. The average Bonchev–Trinajstić information content (AvgIpc) is 3.15. The second-order valence-electron chi connectivity index (χ2n) is 6.88. The number of anilines is 3. The van der Waals surface area contributed by atoms with Gasteiger partial charge in [0.05, 0.1) is 17.4 Å². The monoisotopic (exact) mass is 314 g/mol. The van der Waals surface area contributed by atoms with E-state index >= 15 is 0 Å². The van der Waals surface area contributed by atoms with Gasteiger partial charge in [-0.15, -0.1) is 5.10 Å². The van der Waals surface area contributed by atoms with Gasteiger partial charge < -0.3 is 10.6 Å². The van der Waals surface area contributed by atoms with Gasteiger partial charge in [-0.3, -0.25) is 0 Å². The third-order valence-electron chi connectivity index (χ3n) is 3.99. The van der Waals surface area contributed by atoms with Crippen LogP contribution in [-0.2, 0) is 5.54 Å². The van der Waals surface area contributed by atoms with Crippen LogP contribution in [0.4, 0.5) is 17.6 Å². The van der Waals surface area contributed by atoms with Crippen molar-refractivity contribution in [3.05, 3.63) is 24.4 Å². The molecule has 1 fully saturated rings. The molecule has 0 aromatic carbocycles. The maximum Gasteiger partial charge on any atom is 0.244 e. The molecule has 2 aromatic rings. The Bertz CT molecular complexity index is 665. The van der Waals surface area contributed by atoms with Crippen molar-refractivity contribution in [3.63, 3.8) is 0 Å². The molecule has 1 atom stereocenters. The molecule has 0 aliphatic heterocycles. The standard InChI is InChI=1S/C16H24N7/c1-16(2,3)23-14(9-12(22-23)11-7-5-6-8-11)19-13-10-18-21-15(17-4)20-13/h5,9-11H,6-8H2,1-4H3,(H2,17,19,20,21)/t11-/m0/s1. The molecule has 0 amide bonds. The number of nitrogens with zero attached hydrogens (tertiary/aromatic N) is 5. The van der Waals surface area contributed by atoms with Crippen molar-refractivity contribution in [2.45, 2.75) is 51.5 Å². The Morgan fingerprint density at radius 2 is 2.13 bits per heavy atom. The Morgan fingerprint density at radius 3 is 2.78 bits per heavy atom. The lowest BCUT2D eigenvalue weighted by molar-refractivity contribution is 0.357. The fourth-order valence-corrected chi connectivity index (χ4v) is 2.82. The Labute approximate surface area is 136 Å². The summed E-state index contributed by atoms with van der Waals surface area (Å²) in [5.74, 6) is 2.60. The molecule has 3 rings (SSSR count). The van der Waals surface area contributed by atoms with Crippen LogP contribution in [0.3, 0.4) is 0 Å². The molecular weight excluding hydrogens is 290 g/mol. The number of rotatable bonds is 4. The van der Waals surface area contributed by atoms with Crippen molar-refractivity contribution in [1.82, 2.24) is 25.0 Å². The van der Waals surface area contributed by atoms with Crippen LogP contribution in [0, 0.1) is 6.42 Å². The molecule has 0 spiro atoms. The second-order valence-corrected chi connectivity index (χ2v) is 6.88. The summed E-state index contributed by atoms with van der Waals surface area (Å²) in [6.45, 7) is 6.44. The fraction of sp³-hybridized carbons (Fsp3) is 0.562. The summed E-state index contributed by atoms with van der Waals surface area (Å²) < 4.78 is 2.03. The topological polar surface area (TPSA) is 80.5 Å². The van der Waals surface area contributed by atoms with Crippen LogP contribution in [0.5, 0.6) is 0 Å². The summed E-state index contributed by atoms with van der Waals surface area (Å²) in [6.07, 6.45) is 7.43. The van der Waals surface area contributed by atoms with Crippen molar-refractivity contribution < 1.29 is 0 Å². The van der Waals surface area contributed by atoms with Crippen molar-refractivity contribution in [3.8, 4) is 0 Å². The van der Waals surface area contributed by atoms with Crippen LogP contribution in [0.1, 0.15) is 51.6 Å². The van der Waals surface area contributed by atoms with Gasteiger partial charge >= 0.3 is 0 Å². The maximum absolute atomic E-state index is 4.86. The predicted octanol–water partition coefficient (Wildman–Crippen LogP) is 3.08. The van der Waals surface area contributed by atoms with E-state index in [1.165, 1.54) is 12.8 Å². The Morgan fingerprint density at radius 1 is 1.30 bits per heavy atom. The molecule has 1 radical (unpaired) electrons. The first kappa shape index (κ1) is 15.7. The molecule has 7 heteroatoms. The van der Waals surface area contributed by atoms with E-state index in [-0.39, 0.29) is 5.54 Å². The van der Waals surface area contributed by atoms with Gasteiger partial charge in [0.15, 0.2) is 5.82 Å². The van der Waals surface area contributed by atoms with E-state index in [1.54, 1.807) is 13.2 Å². The first-order valence-electron chi connectivity index (χ1n) is 8.04. The van der Waals surface area contributed by atoms with Crippen LogP contribution in [0.2, 0.25) is 0 Å². The Kier molecular flexibility index (Phi) is 4.19. The normalized spacial score (nSPS) is 15.8. The highest BCUT2D eigenvalue weighted by molar-refractivity contribution is 5.53. The molecule has 123 valence electrons. The highest BCUT2D eigenvalue weighted by atomic mass is 15.4. The van der Waals surface area contributed by atoms with E-state index in [2.05, 4.69) is 59.1 Å². The highest BCUT2D eigenvalue weighted by Crippen LogP contribution is 2.35. The second kappa shape index (κ2) is 6.14. The molecule has 0 saturated heterocycles. The van der Waals surface area contributed by atoms with Crippen LogP contribution < -0.4 is 10.6 Å². The minimum atomic E-state index is -0.116. The molecule has 2 N–H and O–H groups in total. The van der Waals surface area contributed by atoms with Crippen molar-refractivity contribution in [2.75, 3.05) is 17.7 Å². The van der Waals surface area contributed by atoms with Crippen molar-refractivity contribution in [2.24, 2.45) is 0 Å². The van der Waals surface area contributed by atoms with E-state index in [1.807, 2.05) is 4.68 Å². The minimum Gasteiger partial charge on any atom is -0.356 e. The van der Waals surface area contributed by atoms with Gasteiger partial charge in [0.1, 0.15) is 5.82 Å². The lowest BCUT2D eigenvalue weighted by Gasteiger charge is -2.22. The summed E-state index contributed by atoms with van der Waals surface area (Å²) in [7, 11) is 1.77. The lowest BCUT2D eigenvalue weighted by Crippen LogP contribution is -2.25. The molecule has 1 aliphatic carbocycles. The summed E-state index contributed by atoms with van der Waals surface area (Å²) in [5, 5.41) is 18.9. The Balaban J connectivity index is 1.92. The number of hydrogen-bond donors (Lipinski definition) is 2. The molecule has 23 heavy (non-hydrogen) atoms. The van der Waals surface area contributed by atoms with Gasteiger partial charge in [0, 0.05) is 19.0 Å². The molecule has 7 nitrogen and oxygen atoms in total. The molecule has 0 unspecified atom stereocenters. The quantitative estimate of drug-likeness (QED) is 0.902. The largest absolute Gasteiger partial charge is 0.356 e. The summed E-state index contributed by atoms with van der Waals surface area (Å²) in [4.78, 5) is 4.37. The highest BCUT2D eigenvalue weighted by Gasteiger charge is 2.25. The summed E-state index contributed by atoms with van der Waals surface area (Å²) >= 11 is 0. The van der Waals surface area contributed by atoms with Crippen LogP contribution >= 0.6 is 0 Å². The summed E-state index contributed by atoms with van der Waals surface area (Å²) in [5.41, 5.74) is 1.03. The first-order valence-corrected chi connectivity index (χ1v) is 8.04. The van der Waals surface area contributed by atoms with Gasteiger partial charge in [0.25, 0.3) is 0 Å². The van der Waals surface area contributed by atoms with E-state index in [4.69, 9.17) is 5.10 Å². The van der Waals surface area contributed by atoms with Crippen LogP contribution in [-0.4, -0.2) is 32.0 Å². The maximum atomic E-state index is 4.86. The lowest BCUT2D eigenvalue weighted by atomic mass is 10.0. The van der Waals surface area contributed by atoms with Gasteiger partial charge in [0.2, 0.25) is 5.95 Å². The van der Waals surface area contributed by atoms with Crippen molar-refractivity contribution >= 4 is 17.6 Å². The van der Waals surface area contributed by atoms with E-state index in [0.29, 0.717) is 17.7 Å². The van der Waals surface area contributed by atoms with Crippen LogP contribution in [0.15, 0.2) is 12.3 Å². The first-order chi connectivity index (χ1) is 11.0. The molecule has 0 bridgehead atoms. The Hall–Kier alpha value is -2.18. The SMILES string of the molecule is CNc1nncc(Nc2cc([C@H]3C[CH]CC3)nn2C(C)(C)C)n1. The van der Waals surface area contributed by atoms with Gasteiger partial charge in [-0.25, -0.2) is 4.68 Å². The fourth-order valence-electron chi connectivity index (χ4n) is 2.82. The van der Waals surface area contributed by atoms with E-state index in [0.717, 1.165) is 17.9 Å². The van der Waals surface area contributed by atoms with E-state index in [9.17, 15) is 0 Å². The van der Waals surface area contributed by atoms with Crippen LogP contribution in [0.25, 0.3) is 0 Å². The van der Waals surface area contributed by atoms with E-state index < -0.39 is 0 Å². The number of aromatic nitrogens is 5. The number of hydrogen-bond acceptors (Lipinski definition) is 6. The van der Waals surface area contributed by atoms with Gasteiger partial charge in [-0.2, -0.15) is 15.2 Å². The molecule has 1 aliphatic rings. The molecular formula is C16H24N7. The predicted molar refractivity (Wildman–Crippen MR) is 90.8 cm³/mol. The zero-order valence-electron chi connectivity index (χ0n) is 14.2.